The Morgan fingerprint density at radius 1 is 1.11 bits per heavy atom. The van der Waals surface area contributed by atoms with E-state index in [0.717, 1.165) is 19.0 Å². The van der Waals surface area contributed by atoms with Gasteiger partial charge in [0.15, 0.2) is 0 Å². The molecule has 37 heavy (non-hydrogen) atoms. The Morgan fingerprint density at radius 2 is 1.84 bits per heavy atom. The average Bonchev–Trinajstić information content (AvgIpc) is 2.84. The van der Waals surface area contributed by atoms with Gasteiger partial charge in [-0.15, -0.1) is 0 Å². The maximum atomic E-state index is 14.8. The van der Waals surface area contributed by atoms with Crippen molar-refractivity contribution in [1.29, 1.82) is 0 Å². The number of nitrogens with one attached hydrogen (secondary N) is 1. The quantitative estimate of drug-likeness (QED) is 0.362. The Labute approximate surface area is 222 Å². The van der Waals surface area contributed by atoms with Crippen LogP contribution in [0, 0.1) is 5.82 Å². The topological polar surface area (TPSA) is 101 Å². The Kier molecular flexibility index (Phi) is 6.81. The van der Waals surface area contributed by atoms with Crippen molar-refractivity contribution < 1.29 is 14.0 Å². The van der Waals surface area contributed by atoms with Gasteiger partial charge in [-0.3, -0.25) is 14.6 Å². The van der Waals surface area contributed by atoms with Crippen molar-refractivity contribution in [1.82, 2.24) is 20.2 Å². The first-order valence-electron chi connectivity index (χ1n) is 11.6. The number of benzene rings is 2. The molecule has 0 radical (unpaired) electrons. The molecule has 0 saturated carbocycles. The number of likely N-dealkylation sites (N-methyl/N-ethyl adjacent to an activating group) is 1. The minimum absolute atomic E-state index is 0.0557. The molecule has 2 aromatic carbocycles. The summed E-state index contributed by atoms with van der Waals surface area (Å²) >= 11 is 12.5. The Morgan fingerprint density at radius 3 is 2.49 bits per heavy atom. The molecule has 1 fully saturated rings. The molecule has 1 atom stereocenters. The zero-order valence-corrected chi connectivity index (χ0v) is 21.3. The highest BCUT2D eigenvalue weighted by atomic mass is 35.5. The molecule has 0 aliphatic carbocycles. The summed E-state index contributed by atoms with van der Waals surface area (Å²) in [7, 11) is 1.74. The van der Waals surface area contributed by atoms with E-state index in [1.807, 2.05) is 0 Å². The van der Waals surface area contributed by atoms with Crippen molar-refractivity contribution in [2.24, 2.45) is 5.73 Å². The fourth-order valence-electron chi connectivity index (χ4n) is 4.39. The standard InChI is InChI=1S/C27H22Cl2FN5O2/c1-35(13-18-6-7-32-18)27(37)24-19-10-14(25-21(30)3-5-23(34-25)26(31)36)2-4-22(19)33-12-20(24)15-8-16(28)11-17(29)9-15/h2-5,8-12,18,32H,6-7,13H2,1H3,(H2,31,36)/t18-/m0/s1. The van der Waals surface area contributed by atoms with Crippen LogP contribution in [-0.2, 0) is 0 Å². The minimum atomic E-state index is -0.772. The monoisotopic (exact) mass is 537 g/mol. The number of carbonyl (C=O) groups is 2. The fourth-order valence-corrected chi connectivity index (χ4v) is 4.92. The first-order valence-corrected chi connectivity index (χ1v) is 12.3. The number of hydrogen-bond donors (Lipinski definition) is 2. The number of carbonyl (C=O) groups excluding carboxylic acids is 2. The number of pyridine rings is 2. The number of fused-ring (bicyclic) bond motifs is 1. The smallest absolute Gasteiger partial charge is 0.267 e. The van der Waals surface area contributed by atoms with Crippen molar-refractivity contribution in [2.75, 3.05) is 20.1 Å². The number of aromatic nitrogens is 2. The van der Waals surface area contributed by atoms with Gasteiger partial charge in [-0.1, -0.05) is 29.3 Å². The Bertz CT molecular complexity index is 1540. The molecule has 0 unspecified atom stereocenters. The zero-order chi connectivity index (χ0) is 26.3. The SMILES string of the molecule is CN(C[C@@H]1CCN1)C(=O)c1c(-c2cc(Cl)cc(Cl)c2)cnc2ccc(-c3nc(C(N)=O)ccc3F)cc12. The molecule has 3 heterocycles. The van der Waals surface area contributed by atoms with E-state index in [2.05, 4.69) is 15.3 Å². The molecule has 7 nitrogen and oxygen atoms in total. The zero-order valence-electron chi connectivity index (χ0n) is 19.8. The van der Waals surface area contributed by atoms with Crippen LogP contribution in [-0.4, -0.2) is 52.9 Å². The third kappa shape index (κ3) is 5.00. The van der Waals surface area contributed by atoms with E-state index in [1.54, 1.807) is 54.5 Å². The number of nitrogens with two attached hydrogens (primary N) is 1. The van der Waals surface area contributed by atoms with Crippen LogP contribution in [0.15, 0.2) is 54.7 Å². The molecule has 5 rings (SSSR count). The van der Waals surface area contributed by atoms with Gasteiger partial charge in [0.1, 0.15) is 17.2 Å². The first-order chi connectivity index (χ1) is 17.7. The van der Waals surface area contributed by atoms with Crippen LogP contribution in [0.3, 0.4) is 0 Å². The number of primary amides is 1. The largest absolute Gasteiger partial charge is 0.364 e. The molecule has 3 N–H and O–H groups in total. The highest BCUT2D eigenvalue weighted by molar-refractivity contribution is 6.35. The molecular formula is C27H22Cl2FN5O2. The van der Waals surface area contributed by atoms with E-state index in [9.17, 15) is 14.0 Å². The van der Waals surface area contributed by atoms with Crippen molar-refractivity contribution >= 4 is 45.9 Å². The third-order valence-corrected chi connectivity index (χ3v) is 6.83. The summed E-state index contributed by atoms with van der Waals surface area (Å²) in [5.41, 5.74) is 7.66. The van der Waals surface area contributed by atoms with E-state index in [0.29, 0.717) is 49.7 Å². The molecule has 10 heteroatoms. The molecular weight excluding hydrogens is 516 g/mol. The summed E-state index contributed by atoms with van der Waals surface area (Å²) < 4.78 is 14.8. The van der Waals surface area contributed by atoms with Crippen LogP contribution in [0.5, 0.6) is 0 Å². The van der Waals surface area contributed by atoms with Gasteiger partial charge in [-0.25, -0.2) is 9.37 Å². The second-order valence-corrected chi connectivity index (χ2v) is 9.83. The van der Waals surface area contributed by atoms with Gasteiger partial charge in [0.05, 0.1) is 11.1 Å². The summed E-state index contributed by atoms with van der Waals surface area (Å²) in [5.74, 6) is -1.63. The predicted molar refractivity (Wildman–Crippen MR) is 142 cm³/mol. The number of amides is 2. The third-order valence-electron chi connectivity index (χ3n) is 6.39. The summed E-state index contributed by atoms with van der Waals surface area (Å²) in [6.45, 7) is 1.44. The van der Waals surface area contributed by atoms with Crippen LogP contribution in [0.2, 0.25) is 10.0 Å². The molecule has 4 aromatic rings. The van der Waals surface area contributed by atoms with E-state index >= 15 is 0 Å². The van der Waals surface area contributed by atoms with Crippen molar-refractivity contribution in [2.45, 2.75) is 12.5 Å². The van der Waals surface area contributed by atoms with Crippen LogP contribution in [0.1, 0.15) is 27.3 Å². The van der Waals surface area contributed by atoms with Crippen molar-refractivity contribution in [3.8, 4) is 22.4 Å². The minimum Gasteiger partial charge on any atom is -0.364 e. The fraction of sp³-hybridized carbons (Fsp3) is 0.185. The van der Waals surface area contributed by atoms with Crippen LogP contribution >= 0.6 is 23.2 Å². The van der Waals surface area contributed by atoms with Crippen molar-refractivity contribution in [3.05, 3.63) is 81.8 Å². The van der Waals surface area contributed by atoms with Gasteiger partial charge < -0.3 is 16.0 Å². The maximum Gasteiger partial charge on any atom is 0.267 e. The maximum absolute atomic E-state index is 14.8. The summed E-state index contributed by atoms with van der Waals surface area (Å²) in [5, 5.41) is 4.63. The number of hydrogen-bond acceptors (Lipinski definition) is 5. The van der Waals surface area contributed by atoms with E-state index in [1.165, 1.54) is 6.07 Å². The predicted octanol–water partition coefficient (Wildman–Crippen LogP) is 4.94. The molecule has 1 aliphatic rings. The molecule has 1 saturated heterocycles. The molecule has 0 spiro atoms. The lowest BCUT2D eigenvalue weighted by molar-refractivity contribution is 0.0769. The van der Waals surface area contributed by atoms with Gasteiger partial charge in [-0.2, -0.15) is 0 Å². The second-order valence-electron chi connectivity index (χ2n) is 8.95. The van der Waals surface area contributed by atoms with Crippen LogP contribution < -0.4 is 11.1 Å². The average molecular weight is 538 g/mol. The summed E-state index contributed by atoms with van der Waals surface area (Å²) in [4.78, 5) is 35.9. The number of nitrogens with zero attached hydrogens (tertiary/aromatic N) is 3. The van der Waals surface area contributed by atoms with Gasteiger partial charge >= 0.3 is 0 Å². The van der Waals surface area contributed by atoms with Crippen LogP contribution in [0.25, 0.3) is 33.3 Å². The van der Waals surface area contributed by atoms with Crippen molar-refractivity contribution in [3.63, 3.8) is 0 Å². The highest BCUT2D eigenvalue weighted by Gasteiger charge is 2.26. The normalized spacial score (nSPS) is 14.9. The number of halogens is 3. The Balaban J connectivity index is 1.73. The number of rotatable bonds is 6. The Hall–Kier alpha value is -3.59. The molecule has 0 bridgehead atoms. The van der Waals surface area contributed by atoms with Crippen LogP contribution in [0.4, 0.5) is 4.39 Å². The lowest BCUT2D eigenvalue weighted by Crippen LogP contribution is -2.50. The molecule has 1 aliphatic heterocycles. The lowest BCUT2D eigenvalue weighted by Gasteiger charge is -2.32. The van der Waals surface area contributed by atoms with E-state index < -0.39 is 11.7 Å². The summed E-state index contributed by atoms with van der Waals surface area (Å²) in [6.07, 6.45) is 2.59. The van der Waals surface area contributed by atoms with Gasteiger partial charge in [0.25, 0.3) is 11.8 Å². The second kappa shape index (κ2) is 10.0. The molecule has 2 aromatic heterocycles. The highest BCUT2D eigenvalue weighted by Crippen LogP contribution is 2.35. The van der Waals surface area contributed by atoms with Gasteiger partial charge in [-0.05, 0) is 61.0 Å². The lowest BCUT2D eigenvalue weighted by atomic mass is 9.95. The van der Waals surface area contributed by atoms with Gasteiger partial charge in [0, 0.05) is 52.4 Å². The summed E-state index contributed by atoms with van der Waals surface area (Å²) in [6, 6.07) is 12.6. The van der Waals surface area contributed by atoms with E-state index in [-0.39, 0.29) is 23.3 Å². The molecule has 188 valence electrons. The molecule has 2 amide bonds. The first kappa shape index (κ1) is 25.1. The van der Waals surface area contributed by atoms with E-state index in [4.69, 9.17) is 28.9 Å². The van der Waals surface area contributed by atoms with Gasteiger partial charge in [0.2, 0.25) is 0 Å².